The molecule has 0 saturated heterocycles. The largest absolute Gasteiger partial charge is 0.497 e. The maximum absolute atomic E-state index is 10.9. The third-order valence-electron chi connectivity index (χ3n) is 5.13. The van der Waals surface area contributed by atoms with E-state index in [9.17, 15) is 4.79 Å². The quantitative estimate of drug-likeness (QED) is 0.510. The number of benzene rings is 1. The summed E-state index contributed by atoms with van der Waals surface area (Å²) in [6, 6.07) is 12.2. The second kappa shape index (κ2) is 9.56. The van der Waals surface area contributed by atoms with Crippen LogP contribution >= 0.6 is 0 Å². The number of carbonyl (C=O) groups is 1. The first-order valence-corrected chi connectivity index (χ1v) is 9.96. The molecular weight excluding hydrogens is 368 g/mol. The number of hydrogen-bond donors (Lipinski definition) is 1. The normalized spacial score (nSPS) is 11.1. The van der Waals surface area contributed by atoms with Crippen LogP contribution in [0.5, 0.6) is 5.75 Å². The number of carboxylic acids is 1. The molecule has 0 saturated carbocycles. The van der Waals surface area contributed by atoms with E-state index in [2.05, 4.69) is 25.1 Å². The number of carboxylic acid groups (broad SMARTS) is 1. The van der Waals surface area contributed by atoms with Crippen LogP contribution in [0.2, 0.25) is 0 Å². The van der Waals surface area contributed by atoms with Crippen molar-refractivity contribution in [3.05, 3.63) is 53.3 Å². The Hall–Kier alpha value is -2.86. The van der Waals surface area contributed by atoms with Crippen molar-refractivity contribution in [1.29, 1.82) is 0 Å². The molecule has 154 valence electrons. The van der Waals surface area contributed by atoms with Crippen LogP contribution in [0.4, 0.5) is 0 Å². The average Bonchev–Trinajstić information content (AvgIpc) is 3.13. The molecule has 0 atom stereocenters. The van der Waals surface area contributed by atoms with Crippen molar-refractivity contribution in [2.45, 2.75) is 45.6 Å². The molecule has 0 radical (unpaired) electrons. The summed E-state index contributed by atoms with van der Waals surface area (Å²) in [5.74, 6) is 0.0349. The van der Waals surface area contributed by atoms with Crippen LogP contribution in [-0.2, 0) is 29.0 Å². The molecule has 0 unspecified atom stereocenters. The van der Waals surface area contributed by atoms with Gasteiger partial charge in [0.15, 0.2) is 0 Å². The van der Waals surface area contributed by atoms with E-state index in [1.54, 1.807) is 14.2 Å². The first kappa shape index (κ1) is 20.9. The molecule has 3 rings (SSSR count). The number of nitrogens with zero attached hydrogens (tertiary/aromatic N) is 2. The molecule has 1 N–H and O–H groups in total. The minimum absolute atomic E-state index is 0.175. The average molecular weight is 396 g/mol. The fourth-order valence-corrected chi connectivity index (χ4v) is 3.73. The Kier molecular flexibility index (Phi) is 6.88. The summed E-state index contributed by atoms with van der Waals surface area (Å²) >= 11 is 0. The van der Waals surface area contributed by atoms with Crippen molar-refractivity contribution in [1.82, 2.24) is 9.61 Å². The zero-order valence-corrected chi connectivity index (χ0v) is 17.3. The molecule has 0 spiro atoms. The van der Waals surface area contributed by atoms with Crippen LogP contribution in [-0.4, -0.2) is 34.9 Å². The molecule has 0 aliphatic heterocycles. The van der Waals surface area contributed by atoms with Crippen molar-refractivity contribution in [3.63, 3.8) is 0 Å². The first-order chi connectivity index (χ1) is 14.1. The number of unbranched alkanes of at least 4 members (excludes halogenated alkanes) is 1. The Morgan fingerprint density at radius 3 is 2.69 bits per heavy atom. The molecule has 3 aromatic rings. The molecule has 1 aromatic carbocycles. The predicted molar refractivity (Wildman–Crippen MR) is 112 cm³/mol. The minimum atomic E-state index is -0.761. The molecule has 0 fully saturated rings. The van der Waals surface area contributed by atoms with Crippen LogP contribution in [0.1, 0.15) is 43.1 Å². The lowest BCUT2D eigenvalue weighted by Gasteiger charge is -2.17. The van der Waals surface area contributed by atoms with Gasteiger partial charge in [-0.15, -0.1) is 0 Å². The monoisotopic (exact) mass is 396 g/mol. The fraction of sp³-hybridized carbons (Fsp3) is 0.391. The third kappa shape index (κ3) is 4.59. The predicted octanol–water partition coefficient (Wildman–Crippen LogP) is 4.52. The molecule has 0 amide bonds. The van der Waals surface area contributed by atoms with E-state index >= 15 is 0 Å². The maximum Gasteiger partial charge on any atom is 0.303 e. The molecule has 6 heteroatoms. The number of fused-ring (bicyclic) bond motifs is 1. The molecule has 0 bridgehead atoms. The molecule has 0 aliphatic carbocycles. The molecule has 0 aliphatic rings. The minimum Gasteiger partial charge on any atom is -0.497 e. The van der Waals surface area contributed by atoms with E-state index < -0.39 is 5.97 Å². The molecule has 2 heterocycles. The highest BCUT2D eigenvalue weighted by molar-refractivity contribution is 5.84. The Labute approximate surface area is 171 Å². The van der Waals surface area contributed by atoms with Crippen molar-refractivity contribution < 1.29 is 19.4 Å². The first-order valence-electron chi connectivity index (χ1n) is 9.96. The van der Waals surface area contributed by atoms with Crippen LogP contribution in [0.15, 0.2) is 36.4 Å². The summed E-state index contributed by atoms with van der Waals surface area (Å²) in [5.41, 5.74) is 6.35. The van der Waals surface area contributed by atoms with Gasteiger partial charge in [-0.2, -0.15) is 5.10 Å². The Morgan fingerprint density at radius 2 is 2.00 bits per heavy atom. The lowest BCUT2D eigenvalue weighted by Crippen LogP contribution is -2.10. The van der Waals surface area contributed by atoms with Gasteiger partial charge in [-0.3, -0.25) is 4.79 Å². The van der Waals surface area contributed by atoms with Gasteiger partial charge in [0.25, 0.3) is 0 Å². The zero-order chi connectivity index (χ0) is 20.8. The molecule has 29 heavy (non-hydrogen) atoms. The molecule has 2 aromatic heterocycles. The number of hydrogen-bond acceptors (Lipinski definition) is 4. The highest BCUT2D eigenvalue weighted by Gasteiger charge is 2.19. The number of methoxy groups -OCH3 is 2. The van der Waals surface area contributed by atoms with Crippen molar-refractivity contribution in [2.24, 2.45) is 0 Å². The number of aryl methyl sites for hydroxylation is 1. The van der Waals surface area contributed by atoms with Crippen molar-refractivity contribution in [2.75, 3.05) is 14.2 Å². The van der Waals surface area contributed by atoms with Gasteiger partial charge >= 0.3 is 5.97 Å². The van der Waals surface area contributed by atoms with Crippen LogP contribution in [0.3, 0.4) is 0 Å². The van der Waals surface area contributed by atoms with Gasteiger partial charge in [-0.05, 0) is 61.1 Å². The van der Waals surface area contributed by atoms with Crippen LogP contribution < -0.4 is 4.74 Å². The highest BCUT2D eigenvalue weighted by Crippen LogP contribution is 2.34. The summed E-state index contributed by atoms with van der Waals surface area (Å²) in [5, 5.41) is 13.8. The van der Waals surface area contributed by atoms with E-state index in [1.165, 1.54) is 0 Å². The lowest BCUT2D eigenvalue weighted by molar-refractivity contribution is -0.137. The Bertz CT molecular complexity index is 994. The number of aromatic nitrogens is 2. The molecular formula is C23H28N2O4. The SMILES string of the molecule is CCc1ccc2c(-c3cccc(OC)c3)c(CCCCC(=O)O)c(COC)nn12. The van der Waals surface area contributed by atoms with Gasteiger partial charge in [-0.1, -0.05) is 19.1 Å². The molecule has 6 nitrogen and oxygen atoms in total. The fourth-order valence-electron chi connectivity index (χ4n) is 3.73. The van der Waals surface area contributed by atoms with Crippen LogP contribution in [0.25, 0.3) is 16.6 Å². The van der Waals surface area contributed by atoms with Crippen molar-refractivity contribution in [3.8, 4) is 16.9 Å². The number of ether oxygens (including phenoxy) is 2. The lowest BCUT2D eigenvalue weighted by atomic mass is 9.94. The van der Waals surface area contributed by atoms with E-state index in [0.717, 1.165) is 58.6 Å². The number of aliphatic carboxylic acids is 1. The van der Waals surface area contributed by atoms with Gasteiger partial charge in [0.2, 0.25) is 0 Å². The second-order valence-corrected chi connectivity index (χ2v) is 7.04. The third-order valence-corrected chi connectivity index (χ3v) is 5.13. The van der Waals surface area contributed by atoms with E-state index in [1.807, 2.05) is 22.7 Å². The van der Waals surface area contributed by atoms with Gasteiger partial charge in [0.1, 0.15) is 5.75 Å². The van der Waals surface area contributed by atoms with E-state index in [0.29, 0.717) is 13.0 Å². The van der Waals surface area contributed by atoms with Crippen LogP contribution in [0, 0.1) is 0 Å². The highest BCUT2D eigenvalue weighted by atomic mass is 16.5. The summed E-state index contributed by atoms with van der Waals surface area (Å²) in [6.07, 6.45) is 3.21. The summed E-state index contributed by atoms with van der Waals surface area (Å²) in [7, 11) is 3.33. The topological polar surface area (TPSA) is 73.1 Å². The Morgan fingerprint density at radius 1 is 1.17 bits per heavy atom. The van der Waals surface area contributed by atoms with E-state index in [-0.39, 0.29) is 6.42 Å². The smallest absolute Gasteiger partial charge is 0.303 e. The second-order valence-electron chi connectivity index (χ2n) is 7.04. The summed E-state index contributed by atoms with van der Waals surface area (Å²) in [4.78, 5) is 10.9. The summed E-state index contributed by atoms with van der Waals surface area (Å²) < 4.78 is 12.9. The van der Waals surface area contributed by atoms with E-state index in [4.69, 9.17) is 19.7 Å². The standard InChI is InChI=1S/C23H28N2O4/c1-4-17-12-13-21-23(16-8-7-9-18(14-16)29-3)19(10-5-6-11-22(26)27)20(15-28-2)24-25(17)21/h7-9,12-14H,4-6,10-11,15H2,1-3H3,(H,26,27). The zero-order valence-electron chi connectivity index (χ0n) is 17.3. The van der Waals surface area contributed by atoms with Gasteiger partial charge in [-0.25, -0.2) is 4.52 Å². The Balaban J connectivity index is 2.17. The van der Waals surface area contributed by atoms with Gasteiger partial charge in [0.05, 0.1) is 24.9 Å². The number of rotatable bonds is 10. The van der Waals surface area contributed by atoms with Crippen molar-refractivity contribution >= 4 is 11.5 Å². The maximum atomic E-state index is 10.9. The van der Waals surface area contributed by atoms with Gasteiger partial charge in [0, 0.05) is 24.8 Å². The summed E-state index contributed by atoms with van der Waals surface area (Å²) in [6.45, 7) is 2.52. The van der Waals surface area contributed by atoms with Gasteiger partial charge < -0.3 is 14.6 Å².